The van der Waals surface area contributed by atoms with Gasteiger partial charge in [0.25, 0.3) is 0 Å². The van der Waals surface area contributed by atoms with Crippen LogP contribution in [-0.4, -0.2) is 17.4 Å². The second-order valence-electron chi connectivity index (χ2n) is 3.39. The predicted molar refractivity (Wildman–Crippen MR) is 60.5 cm³/mol. The first-order valence-corrected chi connectivity index (χ1v) is 5.10. The zero-order valence-corrected chi connectivity index (χ0v) is 8.94. The van der Waals surface area contributed by atoms with Crippen LogP contribution in [0.3, 0.4) is 0 Å². The lowest BCUT2D eigenvalue weighted by Crippen LogP contribution is -2.10. The lowest BCUT2D eigenvalue weighted by atomic mass is 10.2. The first kappa shape index (κ1) is 12.0. The Hall–Kier alpha value is -2.09. The minimum atomic E-state index is -0.268. The Morgan fingerprint density at radius 3 is 3.06 bits per heavy atom. The van der Waals surface area contributed by atoms with E-state index in [2.05, 4.69) is 10.3 Å². The smallest absolute Gasteiger partial charge is 0.217 e. The van der Waals surface area contributed by atoms with Crippen molar-refractivity contribution in [2.45, 2.75) is 19.3 Å². The van der Waals surface area contributed by atoms with Gasteiger partial charge in [0.15, 0.2) is 0 Å². The molecule has 0 bridgehead atoms. The molecule has 0 aliphatic heterocycles. The van der Waals surface area contributed by atoms with E-state index in [9.17, 15) is 4.79 Å². The monoisotopic (exact) mass is 218 g/mol. The zero-order chi connectivity index (χ0) is 11.8. The summed E-state index contributed by atoms with van der Waals surface area (Å²) in [7, 11) is 0. The van der Waals surface area contributed by atoms with Crippen molar-refractivity contribution in [1.82, 2.24) is 4.98 Å². The molecular formula is C11H14N4O. The normalized spacial score (nSPS) is 9.44. The molecule has 5 heteroatoms. The van der Waals surface area contributed by atoms with E-state index in [0.717, 1.165) is 25.1 Å². The van der Waals surface area contributed by atoms with Gasteiger partial charge in [0.05, 0.1) is 0 Å². The number of rotatable bonds is 6. The first-order chi connectivity index (χ1) is 7.72. The number of aromatic nitrogens is 1. The molecule has 0 aromatic carbocycles. The molecule has 1 heterocycles. The van der Waals surface area contributed by atoms with Crippen molar-refractivity contribution in [3.05, 3.63) is 24.0 Å². The van der Waals surface area contributed by atoms with E-state index in [1.807, 2.05) is 6.07 Å². The number of anilines is 1. The third-order valence-corrected chi connectivity index (χ3v) is 2.05. The van der Waals surface area contributed by atoms with Crippen molar-refractivity contribution in [2.75, 3.05) is 11.9 Å². The van der Waals surface area contributed by atoms with Crippen LogP contribution in [0.1, 0.15) is 25.0 Å². The minimum Gasteiger partial charge on any atom is -0.385 e. The summed E-state index contributed by atoms with van der Waals surface area (Å²) in [6, 6.07) is 5.46. The molecule has 0 atom stereocenters. The van der Waals surface area contributed by atoms with Gasteiger partial charge in [-0.2, -0.15) is 5.26 Å². The molecule has 5 nitrogen and oxygen atoms in total. The van der Waals surface area contributed by atoms with Gasteiger partial charge in [-0.25, -0.2) is 4.98 Å². The van der Waals surface area contributed by atoms with Crippen molar-refractivity contribution in [2.24, 2.45) is 5.73 Å². The van der Waals surface area contributed by atoms with Crippen LogP contribution in [0, 0.1) is 11.3 Å². The van der Waals surface area contributed by atoms with Gasteiger partial charge in [0.2, 0.25) is 5.91 Å². The molecule has 0 unspecified atom stereocenters. The van der Waals surface area contributed by atoms with Crippen LogP contribution in [-0.2, 0) is 4.79 Å². The lowest BCUT2D eigenvalue weighted by molar-refractivity contribution is -0.118. The molecule has 0 fully saturated rings. The highest BCUT2D eigenvalue weighted by molar-refractivity contribution is 5.73. The largest absolute Gasteiger partial charge is 0.385 e. The Morgan fingerprint density at radius 2 is 2.38 bits per heavy atom. The van der Waals surface area contributed by atoms with Crippen LogP contribution in [0.5, 0.6) is 0 Å². The quantitative estimate of drug-likeness (QED) is 0.697. The summed E-state index contributed by atoms with van der Waals surface area (Å²) in [6.07, 6.45) is 3.65. The van der Waals surface area contributed by atoms with Crippen molar-refractivity contribution >= 4 is 11.6 Å². The Balaban J connectivity index is 2.27. The van der Waals surface area contributed by atoms with Crippen molar-refractivity contribution in [1.29, 1.82) is 5.26 Å². The number of amides is 1. The number of nitrogens with two attached hydrogens (primary N) is 1. The van der Waals surface area contributed by atoms with Crippen LogP contribution in [0.2, 0.25) is 0 Å². The Morgan fingerprint density at radius 1 is 1.56 bits per heavy atom. The minimum absolute atomic E-state index is 0.268. The summed E-state index contributed by atoms with van der Waals surface area (Å²) >= 11 is 0. The van der Waals surface area contributed by atoms with Crippen LogP contribution >= 0.6 is 0 Å². The zero-order valence-electron chi connectivity index (χ0n) is 8.94. The maximum Gasteiger partial charge on any atom is 0.217 e. The van der Waals surface area contributed by atoms with Gasteiger partial charge in [0, 0.05) is 24.8 Å². The molecule has 0 aliphatic rings. The number of hydrogen-bond donors (Lipinski definition) is 2. The van der Waals surface area contributed by atoms with Gasteiger partial charge in [-0.1, -0.05) is 0 Å². The number of pyridine rings is 1. The second-order valence-corrected chi connectivity index (χ2v) is 3.39. The number of nitrogens with one attached hydrogen (secondary N) is 1. The Kier molecular flexibility index (Phi) is 4.80. The molecule has 0 saturated heterocycles. The molecule has 3 N–H and O–H groups in total. The second kappa shape index (κ2) is 6.40. The van der Waals surface area contributed by atoms with Crippen LogP contribution in [0.15, 0.2) is 18.3 Å². The van der Waals surface area contributed by atoms with Gasteiger partial charge in [-0.15, -0.1) is 0 Å². The van der Waals surface area contributed by atoms with E-state index < -0.39 is 0 Å². The highest BCUT2D eigenvalue weighted by atomic mass is 16.1. The van der Waals surface area contributed by atoms with Crippen molar-refractivity contribution in [3.63, 3.8) is 0 Å². The van der Waals surface area contributed by atoms with E-state index in [0.29, 0.717) is 12.1 Å². The number of carbonyl (C=O) groups is 1. The molecular weight excluding hydrogens is 204 g/mol. The number of hydrogen-bond acceptors (Lipinski definition) is 4. The first-order valence-electron chi connectivity index (χ1n) is 5.10. The number of primary amides is 1. The van der Waals surface area contributed by atoms with E-state index in [-0.39, 0.29) is 5.91 Å². The van der Waals surface area contributed by atoms with Gasteiger partial charge in [-0.3, -0.25) is 4.79 Å². The third-order valence-electron chi connectivity index (χ3n) is 2.05. The van der Waals surface area contributed by atoms with E-state index in [1.54, 1.807) is 18.3 Å². The highest BCUT2D eigenvalue weighted by Gasteiger charge is 1.96. The van der Waals surface area contributed by atoms with Gasteiger partial charge in [0.1, 0.15) is 11.8 Å². The maximum absolute atomic E-state index is 10.5. The Bertz CT molecular complexity index is 397. The molecule has 1 aromatic heterocycles. The maximum atomic E-state index is 10.5. The van der Waals surface area contributed by atoms with Crippen LogP contribution < -0.4 is 11.1 Å². The number of nitriles is 1. The number of carbonyl (C=O) groups excluding carboxylic acids is 1. The SMILES string of the molecule is N#Cc1cc(NCCCCC(N)=O)ccn1. The molecule has 84 valence electrons. The van der Waals surface area contributed by atoms with Gasteiger partial charge < -0.3 is 11.1 Å². The molecule has 16 heavy (non-hydrogen) atoms. The fraction of sp³-hybridized carbons (Fsp3) is 0.364. The van der Waals surface area contributed by atoms with E-state index in [4.69, 9.17) is 11.0 Å². The van der Waals surface area contributed by atoms with E-state index >= 15 is 0 Å². The molecule has 0 radical (unpaired) electrons. The summed E-state index contributed by atoms with van der Waals surface area (Å²) in [6.45, 7) is 0.752. The summed E-state index contributed by atoms with van der Waals surface area (Å²) in [5.41, 5.74) is 6.28. The van der Waals surface area contributed by atoms with Crippen LogP contribution in [0.4, 0.5) is 5.69 Å². The Labute approximate surface area is 94.3 Å². The lowest BCUT2D eigenvalue weighted by Gasteiger charge is -2.05. The molecule has 0 saturated carbocycles. The van der Waals surface area contributed by atoms with E-state index in [1.165, 1.54) is 0 Å². The van der Waals surface area contributed by atoms with Crippen LogP contribution in [0.25, 0.3) is 0 Å². The molecule has 0 spiro atoms. The van der Waals surface area contributed by atoms with Crippen molar-refractivity contribution in [3.8, 4) is 6.07 Å². The molecule has 0 aliphatic carbocycles. The molecule has 1 rings (SSSR count). The molecule has 1 amide bonds. The van der Waals surface area contributed by atoms with Gasteiger partial charge in [-0.05, 0) is 25.0 Å². The average molecular weight is 218 g/mol. The number of nitrogens with zero attached hydrogens (tertiary/aromatic N) is 2. The third kappa shape index (κ3) is 4.42. The molecule has 1 aromatic rings. The summed E-state index contributed by atoms with van der Waals surface area (Å²) in [5, 5.41) is 11.8. The highest BCUT2D eigenvalue weighted by Crippen LogP contribution is 2.07. The predicted octanol–water partition coefficient (Wildman–Crippen LogP) is 1.02. The average Bonchev–Trinajstić information content (AvgIpc) is 2.28. The topological polar surface area (TPSA) is 91.8 Å². The van der Waals surface area contributed by atoms with Crippen molar-refractivity contribution < 1.29 is 4.79 Å². The summed E-state index contributed by atoms with van der Waals surface area (Å²) in [5.74, 6) is -0.268. The standard InChI is InChI=1S/C11H14N4O/c12-8-10-7-9(4-6-15-10)14-5-2-1-3-11(13)16/h4,6-7H,1-3,5H2,(H2,13,16)(H,14,15). The number of unbranched alkanes of at least 4 members (excludes halogenated alkanes) is 1. The summed E-state index contributed by atoms with van der Waals surface area (Å²) < 4.78 is 0. The van der Waals surface area contributed by atoms with Gasteiger partial charge >= 0.3 is 0 Å². The summed E-state index contributed by atoms with van der Waals surface area (Å²) in [4.78, 5) is 14.3. The fourth-order valence-corrected chi connectivity index (χ4v) is 1.26. The fourth-order valence-electron chi connectivity index (χ4n) is 1.26.